The fourth-order valence-electron chi connectivity index (χ4n) is 3.02. The van der Waals surface area contributed by atoms with Gasteiger partial charge in [0.2, 0.25) is 5.84 Å². The first kappa shape index (κ1) is 33.0. The van der Waals surface area contributed by atoms with Crippen LogP contribution in [0.15, 0.2) is 96.7 Å². The quantitative estimate of drug-likeness (QED) is 0.0334. The molecular formula is C21H20N4O13S4. The fourth-order valence-corrected chi connectivity index (χ4v) is 5.55. The third kappa shape index (κ3) is 9.80. The number of nitrogens with zero attached hydrogens (tertiary/aromatic N) is 3. The molecule has 0 spiro atoms. The standard InChI is InChI=1S/C21H20N4O13S4/c26-19-13-16(40(28,29)11-10-36-42(33,34)35)7-8-17(19)22-24-21(14-4-2-1-3-5-14)25-23-18-12-15(39-38-37-27)6-9-20(18)41(30,31)32/h1-9,12-13,23,26-27H,10-11H2,(H,30,31,32)(H,33,34,35)/b24-22?,25-21-. The van der Waals surface area contributed by atoms with Gasteiger partial charge in [0.25, 0.3) is 10.1 Å². The number of hydrazone groups is 1. The highest BCUT2D eigenvalue weighted by molar-refractivity contribution is 7.94. The minimum Gasteiger partial charge on any atom is -0.506 e. The molecule has 0 aromatic heterocycles. The Labute approximate surface area is 243 Å². The Balaban J connectivity index is 1.93. The van der Waals surface area contributed by atoms with E-state index in [1.165, 1.54) is 12.1 Å². The lowest BCUT2D eigenvalue weighted by Gasteiger charge is -2.09. The van der Waals surface area contributed by atoms with E-state index in [0.717, 1.165) is 24.3 Å². The molecule has 0 aliphatic carbocycles. The molecule has 42 heavy (non-hydrogen) atoms. The van der Waals surface area contributed by atoms with Crippen molar-refractivity contribution in [2.24, 2.45) is 15.3 Å². The van der Waals surface area contributed by atoms with Gasteiger partial charge >= 0.3 is 10.4 Å². The molecule has 3 aromatic carbocycles. The van der Waals surface area contributed by atoms with Crippen LogP contribution in [0.1, 0.15) is 5.56 Å². The molecule has 0 fully saturated rings. The highest BCUT2D eigenvalue weighted by Gasteiger charge is 2.19. The Hall–Kier alpha value is -3.51. The topological polar surface area (TPSA) is 260 Å². The molecule has 3 rings (SSSR count). The zero-order chi connectivity index (χ0) is 31.0. The zero-order valence-electron chi connectivity index (χ0n) is 20.7. The number of anilines is 1. The minimum absolute atomic E-state index is 0.150. The summed E-state index contributed by atoms with van der Waals surface area (Å²) in [6.45, 7) is -0.865. The number of azo groups is 1. The molecule has 21 heteroatoms. The van der Waals surface area contributed by atoms with Crippen LogP contribution in [-0.4, -0.2) is 62.9 Å². The van der Waals surface area contributed by atoms with Gasteiger partial charge in [-0.3, -0.25) is 14.5 Å². The number of phenols is 1. The maximum atomic E-state index is 12.4. The molecule has 0 radical (unpaired) electrons. The lowest BCUT2D eigenvalue weighted by atomic mass is 10.2. The average molecular weight is 665 g/mol. The van der Waals surface area contributed by atoms with Crippen molar-refractivity contribution < 1.29 is 58.3 Å². The SMILES string of the molecule is O=S(=O)(O)OCCS(=O)(=O)c1ccc(N=N/C(=N\Nc2cc(SOOO)ccc2S(=O)(=O)O)c2ccccc2)c(O)c1. The Kier molecular flexibility index (Phi) is 11.1. The maximum absolute atomic E-state index is 12.4. The van der Waals surface area contributed by atoms with E-state index < -0.39 is 58.3 Å². The smallest absolute Gasteiger partial charge is 0.397 e. The first-order chi connectivity index (χ1) is 19.7. The first-order valence-electron chi connectivity index (χ1n) is 10.9. The summed E-state index contributed by atoms with van der Waals surface area (Å²) in [5.74, 6) is -1.60. The molecule has 0 aliphatic heterocycles. The van der Waals surface area contributed by atoms with Crippen LogP contribution in [0.4, 0.5) is 11.4 Å². The summed E-state index contributed by atoms with van der Waals surface area (Å²) < 4.78 is 96.2. The molecule has 0 bridgehead atoms. The number of benzene rings is 3. The van der Waals surface area contributed by atoms with Gasteiger partial charge in [-0.1, -0.05) is 35.4 Å². The Morgan fingerprint density at radius 3 is 2.26 bits per heavy atom. The summed E-state index contributed by atoms with van der Waals surface area (Å²) >= 11 is 0.507. The number of nitrogens with one attached hydrogen (secondary N) is 1. The predicted molar refractivity (Wildman–Crippen MR) is 146 cm³/mol. The van der Waals surface area contributed by atoms with Crippen LogP contribution in [-0.2, 0) is 43.9 Å². The van der Waals surface area contributed by atoms with E-state index in [-0.39, 0.29) is 22.1 Å². The first-order valence-corrected chi connectivity index (χ1v) is 16.1. The summed E-state index contributed by atoms with van der Waals surface area (Å²) in [6.07, 6.45) is 0. The fraction of sp³-hybridized carbons (Fsp3) is 0.0952. The van der Waals surface area contributed by atoms with E-state index in [1.54, 1.807) is 30.3 Å². The molecule has 0 saturated heterocycles. The van der Waals surface area contributed by atoms with E-state index >= 15 is 0 Å². The average Bonchev–Trinajstić information content (AvgIpc) is 2.91. The van der Waals surface area contributed by atoms with Gasteiger partial charge < -0.3 is 5.11 Å². The van der Waals surface area contributed by atoms with Crippen LogP contribution in [0.5, 0.6) is 5.75 Å². The third-order valence-corrected chi connectivity index (χ3v) is 8.47. The Morgan fingerprint density at radius 2 is 1.64 bits per heavy atom. The number of aromatic hydroxyl groups is 1. The van der Waals surface area contributed by atoms with Gasteiger partial charge in [0.15, 0.2) is 9.84 Å². The number of amidine groups is 1. The second-order valence-corrected chi connectivity index (χ2v) is 13.1. The largest absolute Gasteiger partial charge is 0.506 e. The van der Waals surface area contributed by atoms with Gasteiger partial charge in [-0.15, -0.1) is 14.6 Å². The Morgan fingerprint density at radius 1 is 0.929 bits per heavy atom. The van der Waals surface area contributed by atoms with Crippen LogP contribution >= 0.6 is 12.0 Å². The van der Waals surface area contributed by atoms with Crippen LogP contribution in [0.25, 0.3) is 0 Å². The van der Waals surface area contributed by atoms with E-state index in [9.17, 15) is 34.9 Å². The minimum atomic E-state index is -4.84. The highest BCUT2D eigenvalue weighted by Crippen LogP contribution is 2.31. The van der Waals surface area contributed by atoms with Crippen molar-refractivity contribution in [3.8, 4) is 5.75 Å². The molecule has 0 amide bonds. The lowest BCUT2D eigenvalue weighted by Crippen LogP contribution is -2.15. The van der Waals surface area contributed by atoms with Gasteiger partial charge in [0.05, 0.1) is 35.0 Å². The predicted octanol–water partition coefficient (Wildman–Crippen LogP) is 3.22. The molecule has 0 unspecified atom stereocenters. The third-order valence-electron chi connectivity index (χ3n) is 4.85. The van der Waals surface area contributed by atoms with Crippen molar-refractivity contribution in [3.63, 3.8) is 0 Å². The molecule has 0 aliphatic rings. The molecule has 226 valence electrons. The molecule has 3 aromatic rings. The van der Waals surface area contributed by atoms with Crippen molar-refractivity contribution >= 4 is 59.6 Å². The monoisotopic (exact) mass is 664 g/mol. The second-order valence-electron chi connectivity index (χ2n) is 7.69. The van der Waals surface area contributed by atoms with Gasteiger partial charge in [-0.05, 0) is 30.3 Å². The number of sulfone groups is 1. The van der Waals surface area contributed by atoms with Gasteiger partial charge in [-0.25, -0.2) is 17.9 Å². The van der Waals surface area contributed by atoms with E-state index in [4.69, 9.17) is 9.81 Å². The molecule has 0 atom stereocenters. The normalized spacial score (nSPS) is 13.0. The van der Waals surface area contributed by atoms with E-state index in [1.807, 2.05) is 0 Å². The van der Waals surface area contributed by atoms with Crippen LogP contribution in [0.3, 0.4) is 0 Å². The maximum Gasteiger partial charge on any atom is 0.397 e. The molecule has 17 nitrogen and oxygen atoms in total. The summed E-state index contributed by atoms with van der Waals surface area (Å²) in [6, 6.07) is 14.6. The number of hydrogen-bond acceptors (Lipinski definition) is 15. The summed E-state index contributed by atoms with van der Waals surface area (Å²) in [5.41, 5.74) is 2.38. The summed E-state index contributed by atoms with van der Waals surface area (Å²) in [7, 11) is -13.7. The number of rotatable bonds is 13. The lowest BCUT2D eigenvalue weighted by molar-refractivity contribution is -0.432. The number of phenolic OH excluding ortho intramolecular Hbond substituents is 1. The van der Waals surface area contributed by atoms with Gasteiger partial charge in [0.1, 0.15) is 16.3 Å². The van der Waals surface area contributed by atoms with E-state index in [2.05, 4.69) is 34.3 Å². The van der Waals surface area contributed by atoms with Crippen molar-refractivity contribution in [3.05, 3.63) is 72.3 Å². The van der Waals surface area contributed by atoms with Gasteiger partial charge in [0, 0.05) is 16.5 Å². The van der Waals surface area contributed by atoms with Crippen molar-refractivity contribution in [2.75, 3.05) is 17.8 Å². The van der Waals surface area contributed by atoms with Crippen molar-refractivity contribution in [1.82, 2.24) is 0 Å². The summed E-state index contributed by atoms with van der Waals surface area (Å²) in [5, 5.41) is 34.1. The molecule has 0 saturated carbocycles. The zero-order valence-corrected chi connectivity index (χ0v) is 24.0. The molecule has 0 heterocycles. The molecular weight excluding hydrogens is 645 g/mol. The Bertz CT molecular complexity index is 1800. The second kappa shape index (κ2) is 14.1. The van der Waals surface area contributed by atoms with Crippen molar-refractivity contribution in [1.29, 1.82) is 0 Å². The van der Waals surface area contributed by atoms with Crippen LogP contribution < -0.4 is 5.43 Å². The summed E-state index contributed by atoms with van der Waals surface area (Å²) in [4.78, 5) is -0.745. The van der Waals surface area contributed by atoms with Crippen LogP contribution in [0, 0.1) is 0 Å². The van der Waals surface area contributed by atoms with Crippen molar-refractivity contribution in [2.45, 2.75) is 14.7 Å². The molecule has 5 N–H and O–H groups in total. The van der Waals surface area contributed by atoms with Crippen LogP contribution in [0.2, 0.25) is 0 Å². The number of hydrogen-bond donors (Lipinski definition) is 5. The van der Waals surface area contributed by atoms with Gasteiger partial charge in [-0.2, -0.15) is 21.9 Å². The highest BCUT2D eigenvalue weighted by atomic mass is 32.3. The van der Waals surface area contributed by atoms with E-state index in [0.29, 0.717) is 17.6 Å².